The van der Waals surface area contributed by atoms with Gasteiger partial charge in [0.2, 0.25) is 0 Å². The van der Waals surface area contributed by atoms with E-state index in [9.17, 15) is 14.9 Å². The lowest BCUT2D eigenvalue weighted by Gasteiger charge is -2.27. The highest BCUT2D eigenvalue weighted by atomic mass is 16.5. The Morgan fingerprint density at radius 2 is 1.80 bits per heavy atom. The molecule has 0 saturated heterocycles. The molecule has 0 radical (unpaired) electrons. The van der Waals surface area contributed by atoms with Crippen molar-refractivity contribution in [2.24, 2.45) is 5.92 Å². The van der Waals surface area contributed by atoms with Crippen molar-refractivity contribution in [2.45, 2.75) is 26.3 Å². The van der Waals surface area contributed by atoms with Gasteiger partial charge in [0.25, 0.3) is 11.8 Å². The largest absolute Gasteiger partial charge is 0.497 e. The number of nitrogens with one attached hydrogen (secondary N) is 3. The number of quaternary nitrogens is 1. The second kappa shape index (κ2) is 9.04. The number of ether oxygens (including phenoxy) is 1. The Balaban J connectivity index is 2.49. The number of anilines is 1. The van der Waals surface area contributed by atoms with Crippen LogP contribution in [0, 0.1) is 17.2 Å². The van der Waals surface area contributed by atoms with Crippen molar-refractivity contribution in [3.05, 3.63) is 24.3 Å². The van der Waals surface area contributed by atoms with Crippen LogP contribution in [0.5, 0.6) is 5.75 Å². The predicted molar refractivity (Wildman–Crippen MR) is 95.2 cm³/mol. The molecule has 1 unspecified atom stereocenters. The normalized spacial score (nSPS) is 14.1. The van der Waals surface area contributed by atoms with Gasteiger partial charge in [0.05, 0.1) is 20.2 Å². The molecule has 3 N–H and O–H groups in total. The number of methoxy groups -OCH3 is 1. The summed E-state index contributed by atoms with van der Waals surface area (Å²) in [4.78, 5) is 24.9. The van der Waals surface area contributed by atoms with Crippen LogP contribution >= 0.6 is 0 Å². The molecule has 1 aromatic carbocycles. The summed E-state index contributed by atoms with van der Waals surface area (Å²) >= 11 is 0. The number of carbonyl (C=O) groups is 2. The smallest absolute Gasteiger partial charge is 0.279 e. The Morgan fingerprint density at radius 1 is 1.24 bits per heavy atom. The third kappa shape index (κ3) is 6.43. The van der Waals surface area contributed by atoms with Crippen molar-refractivity contribution < 1.29 is 19.2 Å². The highest BCUT2D eigenvalue weighted by Gasteiger charge is 2.31. The van der Waals surface area contributed by atoms with E-state index in [1.54, 1.807) is 45.3 Å². The van der Waals surface area contributed by atoms with E-state index in [2.05, 4.69) is 16.7 Å². The lowest BCUT2D eigenvalue weighted by atomic mass is 9.90. The minimum atomic E-state index is -0.914. The predicted octanol–water partition coefficient (Wildman–Crippen LogP) is 0.203. The Morgan fingerprint density at radius 3 is 2.28 bits per heavy atom. The summed E-state index contributed by atoms with van der Waals surface area (Å²) in [5.74, 6) is 0.248. The minimum Gasteiger partial charge on any atom is -0.497 e. The van der Waals surface area contributed by atoms with Gasteiger partial charge in [0.1, 0.15) is 11.3 Å². The van der Waals surface area contributed by atoms with Crippen LogP contribution in [0.4, 0.5) is 5.69 Å². The van der Waals surface area contributed by atoms with E-state index in [4.69, 9.17) is 4.74 Å². The number of carbonyl (C=O) groups excluding carboxylic acids is 2. The van der Waals surface area contributed by atoms with E-state index >= 15 is 0 Å². The molecule has 0 bridgehead atoms. The fourth-order valence-electron chi connectivity index (χ4n) is 2.13. The molecule has 7 heteroatoms. The summed E-state index contributed by atoms with van der Waals surface area (Å²) in [5.41, 5.74) is -0.247. The van der Waals surface area contributed by atoms with Crippen LogP contribution in [0.3, 0.4) is 0 Å². The number of hydrogen-bond donors (Lipinski definition) is 3. The average Bonchev–Trinajstić information content (AvgIpc) is 2.54. The summed E-state index contributed by atoms with van der Waals surface area (Å²) in [6.45, 7) is 5.70. The molecule has 0 fully saturated rings. The van der Waals surface area contributed by atoms with Crippen molar-refractivity contribution >= 4 is 17.5 Å². The first-order valence-electron chi connectivity index (χ1n) is 8.17. The fraction of sp³-hybridized carbons (Fsp3) is 0.500. The molecule has 2 amide bonds. The molecular weight excluding hydrogens is 320 g/mol. The van der Waals surface area contributed by atoms with E-state index in [0.717, 1.165) is 4.90 Å². The molecule has 0 aliphatic carbocycles. The third-order valence-electron chi connectivity index (χ3n) is 4.08. The van der Waals surface area contributed by atoms with Crippen molar-refractivity contribution in [3.63, 3.8) is 0 Å². The molecule has 1 rings (SSSR count). The van der Waals surface area contributed by atoms with Crippen molar-refractivity contribution in [3.8, 4) is 11.8 Å². The zero-order valence-electron chi connectivity index (χ0n) is 15.5. The first-order chi connectivity index (χ1) is 11.7. The third-order valence-corrected chi connectivity index (χ3v) is 4.08. The standard InChI is InChI=1S/C18H26N4O3/c1-13(2)18(3,12-19)21-17(24)11-22(4)10-16(23)20-14-6-8-15(25-5)9-7-14/h6-9,13H,10-11H2,1-5H3,(H,20,23)(H,21,24)/p+1/t18-/m1/s1. The van der Waals surface area contributed by atoms with Gasteiger partial charge in [0, 0.05) is 5.69 Å². The van der Waals surface area contributed by atoms with Crippen LogP contribution in [-0.2, 0) is 9.59 Å². The summed E-state index contributed by atoms with van der Waals surface area (Å²) in [7, 11) is 3.33. The lowest BCUT2D eigenvalue weighted by Crippen LogP contribution is -3.11. The summed E-state index contributed by atoms with van der Waals surface area (Å²) in [6.07, 6.45) is 0. The van der Waals surface area contributed by atoms with Crippen molar-refractivity contribution in [1.29, 1.82) is 5.26 Å². The second-order valence-corrected chi connectivity index (χ2v) is 6.60. The van der Waals surface area contributed by atoms with Crippen LogP contribution < -0.4 is 20.3 Å². The SMILES string of the molecule is COc1ccc(NC(=O)C[NH+](C)CC(=O)N[C@](C)(C#N)C(C)C)cc1. The van der Waals surface area contributed by atoms with Gasteiger partial charge in [0.15, 0.2) is 13.1 Å². The molecule has 0 aliphatic heterocycles. The Hall–Kier alpha value is -2.59. The summed E-state index contributed by atoms with van der Waals surface area (Å²) in [6, 6.07) is 9.15. The molecule has 136 valence electrons. The van der Waals surface area contributed by atoms with Crippen LogP contribution in [-0.4, -0.2) is 44.6 Å². The van der Waals surface area contributed by atoms with Crippen LogP contribution in [0.1, 0.15) is 20.8 Å². The lowest BCUT2D eigenvalue weighted by molar-refractivity contribution is -0.862. The summed E-state index contributed by atoms with van der Waals surface area (Å²) in [5, 5.41) is 14.8. The van der Waals surface area contributed by atoms with Gasteiger partial charge in [-0.25, -0.2) is 0 Å². The monoisotopic (exact) mass is 347 g/mol. The molecule has 0 saturated carbocycles. The van der Waals surface area contributed by atoms with Crippen molar-refractivity contribution in [2.75, 3.05) is 32.6 Å². The topological polar surface area (TPSA) is 95.7 Å². The molecule has 0 aliphatic rings. The molecular formula is C18H27N4O3+. The number of hydrogen-bond acceptors (Lipinski definition) is 4. The number of nitrogens with zero attached hydrogens (tertiary/aromatic N) is 1. The number of amides is 2. The van der Waals surface area contributed by atoms with Crippen LogP contribution in [0.25, 0.3) is 0 Å². The highest BCUT2D eigenvalue weighted by molar-refractivity contribution is 5.91. The fourth-order valence-corrected chi connectivity index (χ4v) is 2.13. The molecule has 0 heterocycles. The number of benzene rings is 1. The maximum absolute atomic E-state index is 12.1. The van der Waals surface area contributed by atoms with Crippen molar-refractivity contribution in [1.82, 2.24) is 5.32 Å². The molecule has 1 aromatic rings. The van der Waals surface area contributed by atoms with E-state index in [1.165, 1.54) is 0 Å². The van der Waals surface area contributed by atoms with Gasteiger partial charge in [-0.1, -0.05) is 13.8 Å². The zero-order valence-corrected chi connectivity index (χ0v) is 15.5. The number of nitriles is 1. The Labute approximate surface area is 148 Å². The number of rotatable bonds is 8. The van der Waals surface area contributed by atoms with E-state index < -0.39 is 5.54 Å². The van der Waals surface area contributed by atoms with Gasteiger partial charge < -0.3 is 20.3 Å². The van der Waals surface area contributed by atoms with E-state index in [0.29, 0.717) is 11.4 Å². The molecule has 0 aromatic heterocycles. The van der Waals surface area contributed by atoms with Crippen LogP contribution in [0.2, 0.25) is 0 Å². The second-order valence-electron chi connectivity index (χ2n) is 6.60. The van der Waals surface area contributed by atoms with E-state index in [-0.39, 0.29) is 30.8 Å². The van der Waals surface area contributed by atoms with Gasteiger partial charge in [-0.15, -0.1) is 0 Å². The molecule has 7 nitrogen and oxygen atoms in total. The first kappa shape index (κ1) is 20.5. The molecule has 25 heavy (non-hydrogen) atoms. The minimum absolute atomic E-state index is 0.0138. The average molecular weight is 347 g/mol. The van der Waals surface area contributed by atoms with Gasteiger partial charge in [-0.2, -0.15) is 5.26 Å². The van der Waals surface area contributed by atoms with Gasteiger partial charge in [-0.05, 0) is 37.1 Å². The maximum atomic E-state index is 12.1. The first-order valence-corrected chi connectivity index (χ1v) is 8.17. The Bertz CT molecular complexity index is 637. The maximum Gasteiger partial charge on any atom is 0.279 e. The zero-order chi connectivity index (χ0) is 19.0. The van der Waals surface area contributed by atoms with Gasteiger partial charge in [-0.3, -0.25) is 9.59 Å². The quantitative estimate of drug-likeness (QED) is 0.626. The summed E-state index contributed by atoms with van der Waals surface area (Å²) < 4.78 is 5.06. The van der Waals surface area contributed by atoms with Gasteiger partial charge >= 0.3 is 0 Å². The van der Waals surface area contributed by atoms with E-state index in [1.807, 2.05) is 13.8 Å². The number of likely N-dealkylation sites (N-methyl/N-ethyl adjacent to an activating group) is 1. The molecule has 2 atom stereocenters. The van der Waals surface area contributed by atoms with Crippen LogP contribution in [0.15, 0.2) is 24.3 Å². The Kier molecular flexibility index (Phi) is 7.40. The molecule has 0 spiro atoms. The highest BCUT2D eigenvalue weighted by Crippen LogP contribution is 2.15.